The van der Waals surface area contributed by atoms with E-state index in [2.05, 4.69) is 18.8 Å². The molecule has 0 radical (unpaired) electrons. The molecule has 0 spiro atoms. The minimum Gasteiger partial charge on any atom is -0.390 e. The zero-order valence-electron chi connectivity index (χ0n) is 7.99. The molecule has 72 valence electrons. The maximum atomic E-state index is 8.92. The molecule has 0 fully saturated rings. The highest BCUT2D eigenvalue weighted by Gasteiger charge is 2.04. The van der Waals surface area contributed by atoms with Gasteiger partial charge in [0.25, 0.3) is 0 Å². The minimum absolute atomic E-state index is 0.0758. The smallest absolute Gasteiger partial charge is 0.0853 e. The van der Waals surface area contributed by atoms with Crippen LogP contribution in [0.5, 0.6) is 0 Å². The summed E-state index contributed by atoms with van der Waals surface area (Å²) in [6.45, 7) is 3.98. The van der Waals surface area contributed by atoms with E-state index >= 15 is 0 Å². The Hall–Kier alpha value is -0.930. The van der Waals surface area contributed by atoms with Crippen molar-refractivity contribution < 1.29 is 10.2 Å². The van der Waals surface area contributed by atoms with E-state index in [1.807, 2.05) is 12.1 Å². The van der Waals surface area contributed by atoms with Crippen LogP contribution >= 0.6 is 0 Å². The highest BCUT2D eigenvalue weighted by Crippen LogP contribution is 2.16. The van der Waals surface area contributed by atoms with Crippen molar-refractivity contribution in [1.29, 1.82) is 0 Å². The highest BCUT2D eigenvalue weighted by molar-refractivity contribution is 5.23. The van der Waals surface area contributed by atoms with Gasteiger partial charge in [-0.25, -0.2) is 0 Å². The SMILES string of the molecule is CC(C)c1cc(CO)nc(CO)c1. The summed E-state index contributed by atoms with van der Waals surface area (Å²) in [6.07, 6.45) is 0. The Morgan fingerprint density at radius 2 is 1.62 bits per heavy atom. The lowest BCUT2D eigenvalue weighted by molar-refractivity contribution is 0.265. The first kappa shape index (κ1) is 10.2. The number of hydrogen-bond acceptors (Lipinski definition) is 3. The van der Waals surface area contributed by atoms with Gasteiger partial charge in [-0.2, -0.15) is 0 Å². The van der Waals surface area contributed by atoms with Crippen molar-refractivity contribution in [1.82, 2.24) is 4.98 Å². The van der Waals surface area contributed by atoms with Gasteiger partial charge < -0.3 is 10.2 Å². The van der Waals surface area contributed by atoms with E-state index in [1.165, 1.54) is 0 Å². The molecule has 0 amide bonds. The molecule has 0 aromatic carbocycles. The molecule has 0 aliphatic heterocycles. The number of aromatic nitrogens is 1. The molecule has 0 aliphatic carbocycles. The van der Waals surface area contributed by atoms with Crippen molar-refractivity contribution in [2.45, 2.75) is 33.0 Å². The standard InChI is InChI=1S/C10H15NO2/c1-7(2)8-3-9(5-12)11-10(4-8)6-13/h3-4,7,12-13H,5-6H2,1-2H3. The van der Waals surface area contributed by atoms with Crippen LogP contribution in [0.15, 0.2) is 12.1 Å². The average Bonchev–Trinajstić information content (AvgIpc) is 2.16. The van der Waals surface area contributed by atoms with Crippen LogP contribution in [0.1, 0.15) is 36.7 Å². The summed E-state index contributed by atoms with van der Waals surface area (Å²) in [6, 6.07) is 3.73. The predicted octanol–water partition coefficient (Wildman–Crippen LogP) is 1.19. The fourth-order valence-electron chi connectivity index (χ4n) is 1.17. The zero-order valence-corrected chi connectivity index (χ0v) is 7.99. The molecule has 1 aromatic heterocycles. The fraction of sp³-hybridized carbons (Fsp3) is 0.500. The molecule has 1 rings (SSSR count). The first-order valence-corrected chi connectivity index (χ1v) is 4.38. The van der Waals surface area contributed by atoms with Gasteiger partial charge in [0, 0.05) is 0 Å². The van der Waals surface area contributed by atoms with Gasteiger partial charge in [0.05, 0.1) is 24.6 Å². The van der Waals surface area contributed by atoms with Crippen molar-refractivity contribution in [3.8, 4) is 0 Å². The Balaban J connectivity index is 3.07. The summed E-state index contributed by atoms with van der Waals surface area (Å²) in [5, 5.41) is 17.8. The molecule has 1 aromatic rings. The predicted molar refractivity (Wildman–Crippen MR) is 50.2 cm³/mol. The monoisotopic (exact) mass is 181 g/mol. The lowest BCUT2D eigenvalue weighted by Gasteiger charge is -2.08. The van der Waals surface area contributed by atoms with E-state index < -0.39 is 0 Å². The molecule has 0 atom stereocenters. The average molecular weight is 181 g/mol. The summed E-state index contributed by atoms with van der Waals surface area (Å²) in [5.41, 5.74) is 2.34. The topological polar surface area (TPSA) is 53.4 Å². The molecule has 0 saturated carbocycles. The Morgan fingerprint density at radius 1 is 1.15 bits per heavy atom. The summed E-state index contributed by atoms with van der Waals surface area (Å²) in [4.78, 5) is 4.05. The van der Waals surface area contributed by atoms with Crippen LogP contribution in [-0.4, -0.2) is 15.2 Å². The summed E-state index contributed by atoms with van der Waals surface area (Å²) >= 11 is 0. The van der Waals surface area contributed by atoms with Crippen LogP contribution in [0.3, 0.4) is 0 Å². The lowest BCUT2D eigenvalue weighted by atomic mass is 10.0. The first-order valence-electron chi connectivity index (χ1n) is 4.38. The molecule has 3 nitrogen and oxygen atoms in total. The van der Waals surface area contributed by atoms with E-state index in [0.717, 1.165) is 5.56 Å². The maximum Gasteiger partial charge on any atom is 0.0853 e. The van der Waals surface area contributed by atoms with Gasteiger partial charge in [-0.1, -0.05) is 13.8 Å². The van der Waals surface area contributed by atoms with Crippen molar-refractivity contribution in [2.75, 3.05) is 0 Å². The third kappa shape index (κ3) is 2.50. The lowest BCUT2D eigenvalue weighted by Crippen LogP contribution is -1.99. The molecule has 0 bridgehead atoms. The third-order valence-corrected chi connectivity index (χ3v) is 1.94. The summed E-state index contributed by atoms with van der Waals surface area (Å²) in [5.74, 6) is 0.388. The minimum atomic E-state index is -0.0758. The highest BCUT2D eigenvalue weighted by atomic mass is 16.3. The number of hydrogen-bond donors (Lipinski definition) is 2. The van der Waals surface area contributed by atoms with Crippen LogP contribution in [0.4, 0.5) is 0 Å². The van der Waals surface area contributed by atoms with E-state index in [-0.39, 0.29) is 13.2 Å². The molecular weight excluding hydrogens is 166 g/mol. The number of aliphatic hydroxyl groups excluding tert-OH is 2. The summed E-state index contributed by atoms with van der Waals surface area (Å²) in [7, 11) is 0. The van der Waals surface area contributed by atoms with Gasteiger partial charge in [-0.3, -0.25) is 4.98 Å². The first-order chi connectivity index (χ1) is 6.17. The van der Waals surface area contributed by atoms with Gasteiger partial charge in [0.2, 0.25) is 0 Å². The van der Waals surface area contributed by atoms with Crippen LogP contribution in [-0.2, 0) is 13.2 Å². The largest absolute Gasteiger partial charge is 0.390 e. The van der Waals surface area contributed by atoms with Crippen molar-refractivity contribution in [3.63, 3.8) is 0 Å². The van der Waals surface area contributed by atoms with Crippen LogP contribution < -0.4 is 0 Å². The molecular formula is C10H15NO2. The zero-order chi connectivity index (χ0) is 9.84. The number of aliphatic hydroxyl groups is 2. The number of rotatable bonds is 3. The third-order valence-electron chi connectivity index (χ3n) is 1.94. The number of pyridine rings is 1. The Kier molecular flexibility index (Phi) is 3.39. The summed E-state index contributed by atoms with van der Waals surface area (Å²) < 4.78 is 0. The van der Waals surface area contributed by atoms with Gasteiger partial charge in [0.1, 0.15) is 0 Å². The Morgan fingerprint density at radius 3 is 1.92 bits per heavy atom. The molecule has 13 heavy (non-hydrogen) atoms. The molecule has 1 heterocycles. The van der Waals surface area contributed by atoms with Crippen LogP contribution in [0.25, 0.3) is 0 Å². The van der Waals surface area contributed by atoms with Gasteiger partial charge >= 0.3 is 0 Å². The van der Waals surface area contributed by atoms with Crippen LogP contribution in [0, 0.1) is 0 Å². The molecule has 0 aliphatic rings. The second-order valence-corrected chi connectivity index (χ2v) is 3.35. The van der Waals surface area contributed by atoms with E-state index in [4.69, 9.17) is 10.2 Å². The van der Waals surface area contributed by atoms with Crippen LogP contribution in [0.2, 0.25) is 0 Å². The molecule has 0 saturated heterocycles. The second kappa shape index (κ2) is 4.35. The molecule has 3 heteroatoms. The van der Waals surface area contributed by atoms with Gasteiger partial charge in [0.15, 0.2) is 0 Å². The Bertz CT molecular complexity index is 262. The van der Waals surface area contributed by atoms with Crippen molar-refractivity contribution >= 4 is 0 Å². The molecule has 2 N–H and O–H groups in total. The van der Waals surface area contributed by atoms with Gasteiger partial charge in [-0.05, 0) is 23.6 Å². The van der Waals surface area contributed by atoms with Crippen molar-refractivity contribution in [3.05, 3.63) is 29.1 Å². The maximum absolute atomic E-state index is 8.92. The Labute approximate surface area is 78.1 Å². The normalized spacial score (nSPS) is 10.8. The molecule has 0 unspecified atom stereocenters. The van der Waals surface area contributed by atoms with Crippen molar-refractivity contribution in [2.24, 2.45) is 0 Å². The van der Waals surface area contributed by atoms with E-state index in [9.17, 15) is 0 Å². The van der Waals surface area contributed by atoms with E-state index in [0.29, 0.717) is 17.3 Å². The number of nitrogens with zero attached hydrogens (tertiary/aromatic N) is 1. The van der Waals surface area contributed by atoms with E-state index in [1.54, 1.807) is 0 Å². The fourth-order valence-corrected chi connectivity index (χ4v) is 1.17. The second-order valence-electron chi connectivity index (χ2n) is 3.35. The quantitative estimate of drug-likeness (QED) is 0.736. The van der Waals surface area contributed by atoms with Gasteiger partial charge in [-0.15, -0.1) is 0 Å².